The van der Waals surface area contributed by atoms with Gasteiger partial charge in [-0.1, -0.05) is 52.6 Å². The maximum atomic E-state index is 12.9. The van der Waals surface area contributed by atoms with E-state index in [0.717, 1.165) is 11.8 Å². The van der Waals surface area contributed by atoms with Gasteiger partial charge in [0, 0.05) is 12.1 Å². The molecule has 0 saturated carbocycles. The minimum absolute atomic E-state index is 0.0222. The third-order valence-electron chi connectivity index (χ3n) is 3.96. The molecule has 2 aromatic carbocycles. The van der Waals surface area contributed by atoms with Gasteiger partial charge in [0.1, 0.15) is 0 Å². The van der Waals surface area contributed by atoms with Crippen LogP contribution in [-0.4, -0.2) is 34.9 Å². The number of hydrogen-bond donors (Lipinski definition) is 1. The van der Waals surface area contributed by atoms with Gasteiger partial charge in [-0.05, 0) is 30.3 Å². The average Bonchev–Trinajstić information content (AvgIpc) is 2.69. The van der Waals surface area contributed by atoms with Crippen LogP contribution >= 0.6 is 46.6 Å². The SMILES string of the molecule is COCCn1c(SCC(=O)Nc2cccc(Cl)c2Cl)nc2cc(Cl)ccc2c1=O. The van der Waals surface area contributed by atoms with Crippen LogP contribution < -0.4 is 10.9 Å². The van der Waals surface area contributed by atoms with Crippen molar-refractivity contribution in [2.75, 3.05) is 24.8 Å². The van der Waals surface area contributed by atoms with Gasteiger partial charge in [-0.2, -0.15) is 0 Å². The molecule has 10 heteroatoms. The molecule has 0 bridgehead atoms. The molecule has 1 amide bonds. The molecule has 0 aliphatic heterocycles. The molecule has 0 aliphatic rings. The number of carbonyl (C=O) groups is 1. The van der Waals surface area contributed by atoms with Crippen molar-refractivity contribution in [3.05, 3.63) is 61.8 Å². The van der Waals surface area contributed by atoms with E-state index in [4.69, 9.17) is 39.5 Å². The fraction of sp³-hybridized carbons (Fsp3) is 0.211. The minimum atomic E-state index is -0.308. The number of nitrogens with zero attached hydrogens (tertiary/aromatic N) is 2. The second kappa shape index (κ2) is 9.82. The number of thioether (sulfide) groups is 1. The summed E-state index contributed by atoms with van der Waals surface area (Å²) in [5, 5.41) is 4.64. The van der Waals surface area contributed by atoms with Crippen LogP contribution in [0.25, 0.3) is 10.9 Å². The van der Waals surface area contributed by atoms with Crippen molar-refractivity contribution in [3.63, 3.8) is 0 Å². The van der Waals surface area contributed by atoms with Crippen LogP contribution in [0.3, 0.4) is 0 Å². The Morgan fingerprint density at radius 2 is 2.03 bits per heavy atom. The molecule has 3 rings (SSSR count). The number of hydrogen-bond acceptors (Lipinski definition) is 5. The summed E-state index contributed by atoms with van der Waals surface area (Å²) in [5.41, 5.74) is 0.668. The van der Waals surface area contributed by atoms with Gasteiger partial charge in [0.25, 0.3) is 5.56 Å². The zero-order valence-corrected chi connectivity index (χ0v) is 18.3. The second-order valence-corrected chi connectivity index (χ2v) is 8.11. The Labute approximate surface area is 186 Å². The number of methoxy groups -OCH3 is 1. The van der Waals surface area contributed by atoms with Crippen molar-refractivity contribution in [2.24, 2.45) is 0 Å². The summed E-state index contributed by atoms with van der Waals surface area (Å²) in [6.45, 7) is 0.642. The Morgan fingerprint density at radius 1 is 1.24 bits per heavy atom. The number of rotatable bonds is 7. The molecule has 0 aliphatic carbocycles. The number of halogens is 3. The normalized spacial score (nSPS) is 11.0. The van der Waals surface area contributed by atoms with Gasteiger partial charge in [0.05, 0.1) is 45.5 Å². The van der Waals surface area contributed by atoms with Crippen LogP contribution in [0.4, 0.5) is 5.69 Å². The third-order valence-corrected chi connectivity index (χ3v) is 5.99. The van der Waals surface area contributed by atoms with Crippen LogP contribution in [0.1, 0.15) is 0 Å². The number of carbonyl (C=O) groups excluding carboxylic acids is 1. The fourth-order valence-corrected chi connectivity index (χ4v) is 3.92. The van der Waals surface area contributed by atoms with Crippen molar-refractivity contribution < 1.29 is 9.53 Å². The molecule has 152 valence electrons. The van der Waals surface area contributed by atoms with Gasteiger partial charge in [-0.3, -0.25) is 14.2 Å². The molecule has 1 heterocycles. The number of fused-ring (bicyclic) bond motifs is 1. The van der Waals surface area contributed by atoms with E-state index in [-0.39, 0.29) is 22.2 Å². The van der Waals surface area contributed by atoms with E-state index in [9.17, 15) is 9.59 Å². The molecule has 6 nitrogen and oxygen atoms in total. The number of aromatic nitrogens is 2. The van der Waals surface area contributed by atoms with Crippen LogP contribution in [0.15, 0.2) is 46.3 Å². The summed E-state index contributed by atoms with van der Waals surface area (Å²) in [7, 11) is 1.55. The summed E-state index contributed by atoms with van der Waals surface area (Å²) in [6, 6.07) is 9.87. The molecule has 0 fully saturated rings. The average molecular weight is 473 g/mol. The van der Waals surface area contributed by atoms with E-state index in [1.807, 2.05) is 0 Å². The molecule has 0 saturated heterocycles. The first kappa shape index (κ1) is 21.9. The Kier molecular flexibility index (Phi) is 7.43. The van der Waals surface area contributed by atoms with Crippen LogP contribution in [0.2, 0.25) is 15.1 Å². The number of benzene rings is 2. The Balaban J connectivity index is 1.85. The van der Waals surface area contributed by atoms with Crippen molar-refractivity contribution in [2.45, 2.75) is 11.7 Å². The second-order valence-electron chi connectivity index (χ2n) is 5.94. The maximum Gasteiger partial charge on any atom is 0.262 e. The number of amides is 1. The smallest absolute Gasteiger partial charge is 0.262 e. The highest BCUT2D eigenvalue weighted by Gasteiger charge is 2.15. The van der Waals surface area contributed by atoms with Crippen LogP contribution in [0, 0.1) is 0 Å². The van der Waals surface area contributed by atoms with E-state index in [1.165, 1.54) is 4.57 Å². The van der Waals surface area contributed by atoms with E-state index in [2.05, 4.69) is 10.3 Å². The minimum Gasteiger partial charge on any atom is -0.383 e. The highest BCUT2D eigenvalue weighted by Crippen LogP contribution is 2.29. The fourth-order valence-electron chi connectivity index (χ4n) is 2.58. The highest BCUT2D eigenvalue weighted by atomic mass is 35.5. The largest absolute Gasteiger partial charge is 0.383 e. The molecule has 1 aromatic heterocycles. The summed E-state index contributed by atoms with van der Waals surface area (Å²) >= 11 is 19.2. The summed E-state index contributed by atoms with van der Waals surface area (Å²) < 4.78 is 6.58. The van der Waals surface area contributed by atoms with Crippen molar-refractivity contribution in [3.8, 4) is 0 Å². The standard InChI is InChI=1S/C19H16Cl3N3O3S/c1-28-8-7-25-18(27)12-6-5-11(20)9-15(12)24-19(25)29-10-16(26)23-14-4-2-3-13(21)17(14)22/h2-6,9H,7-8,10H2,1H3,(H,23,26). The first-order chi connectivity index (χ1) is 13.9. The molecule has 1 N–H and O–H groups in total. The molecular weight excluding hydrogens is 457 g/mol. The predicted octanol–water partition coefficient (Wildman–Crippen LogP) is 4.73. The van der Waals surface area contributed by atoms with E-state index >= 15 is 0 Å². The number of ether oxygens (including phenoxy) is 1. The molecule has 0 spiro atoms. The van der Waals surface area contributed by atoms with Crippen molar-refractivity contribution in [1.29, 1.82) is 0 Å². The van der Waals surface area contributed by atoms with Gasteiger partial charge in [-0.25, -0.2) is 4.98 Å². The van der Waals surface area contributed by atoms with Gasteiger partial charge in [0.2, 0.25) is 5.91 Å². The topological polar surface area (TPSA) is 73.2 Å². The van der Waals surface area contributed by atoms with Crippen molar-refractivity contribution in [1.82, 2.24) is 9.55 Å². The maximum absolute atomic E-state index is 12.9. The third kappa shape index (κ3) is 5.24. The predicted molar refractivity (Wildman–Crippen MR) is 119 cm³/mol. The monoisotopic (exact) mass is 471 g/mol. The molecule has 0 unspecified atom stereocenters. The molecule has 0 radical (unpaired) electrons. The zero-order valence-electron chi connectivity index (χ0n) is 15.2. The van der Waals surface area contributed by atoms with Gasteiger partial charge >= 0.3 is 0 Å². The number of nitrogens with one attached hydrogen (secondary N) is 1. The Morgan fingerprint density at radius 3 is 2.79 bits per heavy atom. The van der Waals surface area contributed by atoms with E-state index < -0.39 is 0 Å². The van der Waals surface area contributed by atoms with Crippen LogP contribution in [0.5, 0.6) is 0 Å². The molecule has 29 heavy (non-hydrogen) atoms. The lowest BCUT2D eigenvalue weighted by Gasteiger charge is -2.13. The highest BCUT2D eigenvalue weighted by molar-refractivity contribution is 7.99. The molecular formula is C19H16Cl3N3O3S. The molecule has 3 aromatic rings. The summed E-state index contributed by atoms with van der Waals surface area (Å²) in [4.78, 5) is 29.8. The van der Waals surface area contributed by atoms with E-state index in [1.54, 1.807) is 43.5 Å². The van der Waals surface area contributed by atoms with Gasteiger partial charge in [0.15, 0.2) is 5.16 Å². The quantitative estimate of drug-likeness (QED) is 0.397. The first-order valence-electron chi connectivity index (χ1n) is 8.46. The Hall–Kier alpha value is -1.77. The van der Waals surface area contributed by atoms with Gasteiger partial charge < -0.3 is 10.1 Å². The summed E-state index contributed by atoms with van der Waals surface area (Å²) in [5.74, 6) is -0.285. The lowest BCUT2D eigenvalue weighted by Crippen LogP contribution is -2.26. The Bertz CT molecular complexity index is 1120. The van der Waals surface area contributed by atoms with Crippen molar-refractivity contribution >= 4 is 69.1 Å². The van der Waals surface area contributed by atoms with E-state index in [0.29, 0.717) is 44.9 Å². The van der Waals surface area contributed by atoms with Crippen LogP contribution in [-0.2, 0) is 16.1 Å². The number of anilines is 1. The lowest BCUT2D eigenvalue weighted by atomic mass is 10.2. The zero-order chi connectivity index (χ0) is 21.0. The lowest BCUT2D eigenvalue weighted by molar-refractivity contribution is -0.113. The first-order valence-corrected chi connectivity index (χ1v) is 10.6. The summed E-state index contributed by atoms with van der Waals surface area (Å²) in [6.07, 6.45) is 0. The van der Waals surface area contributed by atoms with Gasteiger partial charge in [-0.15, -0.1) is 0 Å². The molecule has 0 atom stereocenters.